The van der Waals surface area contributed by atoms with E-state index < -0.39 is 0 Å². The zero-order valence-electron chi connectivity index (χ0n) is 13.3. The molecular weight excluding hydrogens is 309 g/mol. The number of halogens is 1. The molecule has 1 fully saturated rings. The van der Waals surface area contributed by atoms with Crippen LogP contribution in [0.5, 0.6) is 5.75 Å². The summed E-state index contributed by atoms with van der Waals surface area (Å²) in [6, 6.07) is 13.1. The predicted octanol–water partition coefficient (Wildman–Crippen LogP) is 3.31. The molecule has 1 aliphatic heterocycles. The quantitative estimate of drug-likeness (QED) is 0.884. The highest BCUT2D eigenvalue weighted by Gasteiger charge is 2.15. The van der Waals surface area contributed by atoms with E-state index in [1.165, 1.54) is 24.3 Å². The molecule has 0 spiro atoms. The lowest BCUT2D eigenvalue weighted by molar-refractivity contribution is 0.0679. The molecule has 1 aliphatic rings. The monoisotopic (exact) mass is 329 g/mol. The lowest BCUT2D eigenvalue weighted by Crippen LogP contribution is -2.22. The van der Waals surface area contributed by atoms with Gasteiger partial charge in [-0.3, -0.25) is 4.79 Å². The van der Waals surface area contributed by atoms with Gasteiger partial charge in [0.25, 0.3) is 5.91 Å². The minimum atomic E-state index is -0.356. The van der Waals surface area contributed by atoms with Crippen molar-refractivity contribution in [1.29, 1.82) is 0 Å². The molecule has 0 bridgehead atoms. The number of carbonyl (C=O) groups excluding carboxylic acids is 1. The molecule has 5 heteroatoms. The van der Waals surface area contributed by atoms with Gasteiger partial charge >= 0.3 is 0 Å². The molecular formula is C19H20FNO3. The average molecular weight is 329 g/mol. The highest BCUT2D eigenvalue weighted by Crippen LogP contribution is 2.16. The second-order valence-electron chi connectivity index (χ2n) is 5.78. The van der Waals surface area contributed by atoms with Gasteiger partial charge in [0.15, 0.2) is 0 Å². The summed E-state index contributed by atoms with van der Waals surface area (Å²) in [5, 5.41) is 2.81. The molecule has 0 radical (unpaired) electrons. The van der Waals surface area contributed by atoms with E-state index in [1.807, 2.05) is 24.3 Å². The normalized spacial score (nSPS) is 16.8. The Kier molecular flexibility index (Phi) is 5.43. The molecule has 1 saturated heterocycles. The number of carbonyl (C=O) groups is 1. The van der Waals surface area contributed by atoms with Gasteiger partial charge in [-0.2, -0.15) is 0 Å². The topological polar surface area (TPSA) is 47.6 Å². The van der Waals surface area contributed by atoms with Crippen LogP contribution in [0.25, 0.3) is 0 Å². The maximum absolute atomic E-state index is 12.8. The molecule has 1 unspecified atom stereocenters. The molecule has 126 valence electrons. The fourth-order valence-electron chi connectivity index (χ4n) is 2.55. The third kappa shape index (κ3) is 4.55. The van der Waals surface area contributed by atoms with Gasteiger partial charge in [0, 0.05) is 18.7 Å². The van der Waals surface area contributed by atoms with Crippen molar-refractivity contribution in [1.82, 2.24) is 5.32 Å². The lowest BCUT2D eigenvalue weighted by atomic mass is 10.2. The maximum atomic E-state index is 12.8. The van der Waals surface area contributed by atoms with Gasteiger partial charge < -0.3 is 14.8 Å². The number of amides is 1. The Labute approximate surface area is 140 Å². The van der Waals surface area contributed by atoms with Crippen LogP contribution in [0.3, 0.4) is 0 Å². The zero-order valence-corrected chi connectivity index (χ0v) is 13.3. The summed E-state index contributed by atoms with van der Waals surface area (Å²) in [6.45, 7) is 1.80. The van der Waals surface area contributed by atoms with Gasteiger partial charge in [-0.25, -0.2) is 4.39 Å². The minimum Gasteiger partial charge on any atom is -0.491 e. The fourth-order valence-corrected chi connectivity index (χ4v) is 2.55. The van der Waals surface area contributed by atoms with Crippen LogP contribution in [-0.2, 0) is 11.3 Å². The first-order valence-electron chi connectivity index (χ1n) is 8.08. The Bertz CT molecular complexity index is 664. The first kappa shape index (κ1) is 16.5. The van der Waals surface area contributed by atoms with Crippen molar-refractivity contribution in [3.8, 4) is 5.75 Å². The lowest BCUT2D eigenvalue weighted by Gasteiger charge is -2.12. The van der Waals surface area contributed by atoms with E-state index in [9.17, 15) is 9.18 Å². The fraction of sp³-hybridized carbons (Fsp3) is 0.316. The number of nitrogens with one attached hydrogen (secondary N) is 1. The highest BCUT2D eigenvalue weighted by molar-refractivity contribution is 5.94. The summed E-state index contributed by atoms with van der Waals surface area (Å²) in [4.78, 5) is 12.0. The zero-order chi connectivity index (χ0) is 16.8. The molecule has 1 atom stereocenters. The van der Waals surface area contributed by atoms with Crippen LogP contribution in [0, 0.1) is 5.82 Å². The van der Waals surface area contributed by atoms with Gasteiger partial charge in [-0.15, -0.1) is 0 Å². The molecule has 24 heavy (non-hydrogen) atoms. The van der Waals surface area contributed by atoms with Crippen molar-refractivity contribution in [2.24, 2.45) is 0 Å². The van der Waals surface area contributed by atoms with Crippen LogP contribution in [0.2, 0.25) is 0 Å². The second kappa shape index (κ2) is 7.93. The SMILES string of the molecule is O=C(NCc1ccc(OCC2CCCO2)cc1)c1ccc(F)cc1. The van der Waals surface area contributed by atoms with Crippen molar-refractivity contribution in [3.05, 3.63) is 65.5 Å². The molecule has 3 rings (SSSR count). The molecule has 1 heterocycles. The number of hydrogen-bond acceptors (Lipinski definition) is 3. The summed E-state index contributed by atoms with van der Waals surface area (Å²) >= 11 is 0. The molecule has 1 N–H and O–H groups in total. The maximum Gasteiger partial charge on any atom is 0.251 e. The Hall–Kier alpha value is -2.40. The van der Waals surface area contributed by atoms with Crippen LogP contribution in [0.4, 0.5) is 4.39 Å². The van der Waals surface area contributed by atoms with Crippen molar-refractivity contribution in [2.75, 3.05) is 13.2 Å². The van der Waals surface area contributed by atoms with Crippen molar-refractivity contribution < 1.29 is 18.7 Å². The third-order valence-corrected chi connectivity index (χ3v) is 3.94. The van der Waals surface area contributed by atoms with Gasteiger partial charge in [-0.1, -0.05) is 12.1 Å². The summed E-state index contributed by atoms with van der Waals surface area (Å²) < 4.78 is 24.1. The van der Waals surface area contributed by atoms with Crippen molar-refractivity contribution >= 4 is 5.91 Å². The van der Waals surface area contributed by atoms with Crippen LogP contribution in [0.15, 0.2) is 48.5 Å². The first-order chi connectivity index (χ1) is 11.7. The van der Waals surface area contributed by atoms with E-state index in [0.29, 0.717) is 18.7 Å². The summed E-state index contributed by atoms with van der Waals surface area (Å²) in [6.07, 6.45) is 2.34. The smallest absolute Gasteiger partial charge is 0.251 e. The molecule has 1 amide bonds. The predicted molar refractivity (Wildman–Crippen MR) is 88.5 cm³/mol. The van der Waals surface area contributed by atoms with Crippen molar-refractivity contribution in [2.45, 2.75) is 25.5 Å². The Balaban J connectivity index is 1.46. The molecule has 0 saturated carbocycles. The number of benzene rings is 2. The van der Waals surface area contributed by atoms with Crippen LogP contribution >= 0.6 is 0 Å². The van der Waals surface area contributed by atoms with E-state index in [2.05, 4.69) is 5.32 Å². The standard InChI is InChI=1S/C19H20FNO3/c20-16-7-5-15(6-8-16)19(22)21-12-14-3-9-17(10-4-14)24-13-18-2-1-11-23-18/h3-10,18H,1-2,11-13H2,(H,21,22). The Morgan fingerprint density at radius 3 is 2.58 bits per heavy atom. The van der Waals surface area contributed by atoms with E-state index >= 15 is 0 Å². The van der Waals surface area contributed by atoms with Gasteiger partial charge in [0.05, 0.1) is 6.10 Å². The van der Waals surface area contributed by atoms with E-state index in [1.54, 1.807) is 0 Å². The third-order valence-electron chi connectivity index (χ3n) is 3.94. The molecule has 2 aromatic carbocycles. The van der Waals surface area contributed by atoms with Gasteiger partial charge in [0.2, 0.25) is 0 Å². The van der Waals surface area contributed by atoms with Crippen LogP contribution in [0.1, 0.15) is 28.8 Å². The van der Waals surface area contributed by atoms with Crippen molar-refractivity contribution in [3.63, 3.8) is 0 Å². The highest BCUT2D eigenvalue weighted by atomic mass is 19.1. The summed E-state index contributed by atoms with van der Waals surface area (Å²) in [5.41, 5.74) is 1.41. The van der Waals surface area contributed by atoms with Crippen LogP contribution < -0.4 is 10.1 Å². The molecule has 2 aromatic rings. The molecule has 4 nitrogen and oxygen atoms in total. The van der Waals surface area contributed by atoms with E-state index in [4.69, 9.17) is 9.47 Å². The average Bonchev–Trinajstić information content (AvgIpc) is 3.13. The number of ether oxygens (including phenoxy) is 2. The van der Waals surface area contributed by atoms with Gasteiger partial charge in [-0.05, 0) is 54.8 Å². The van der Waals surface area contributed by atoms with E-state index in [0.717, 1.165) is 30.8 Å². The summed E-state index contributed by atoms with van der Waals surface area (Å²) in [5.74, 6) is 0.206. The Morgan fingerprint density at radius 2 is 1.92 bits per heavy atom. The molecule has 0 aromatic heterocycles. The number of hydrogen-bond donors (Lipinski definition) is 1. The Morgan fingerprint density at radius 1 is 1.17 bits per heavy atom. The first-order valence-corrected chi connectivity index (χ1v) is 8.08. The van der Waals surface area contributed by atoms with Crippen LogP contribution in [-0.4, -0.2) is 25.2 Å². The largest absolute Gasteiger partial charge is 0.491 e. The van der Waals surface area contributed by atoms with Gasteiger partial charge in [0.1, 0.15) is 18.2 Å². The second-order valence-corrected chi connectivity index (χ2v) is 5.78. The minimum absolute atomic E-state index is 0.194. The van der Waals surface area contributed by atoms with E-state index in [-0.39, 0.29) is 17.8 Å². The number of rotatable bonds is 6. The summed E-state index contributed by atoms with van der Waals surface area (Å²) in [7, 11) is 0. The molecule has 0 aliphatic carbocycles.